The molecule has 3 rings (SSSR count). The van der Waals surface area contributed by atoms with Gasteiger partial charge in [0.05, 0.1) is 34.9 Å². The molecule has 0 aliphatic carbocycles. The van der Waals surface area contributed by atoms with Crippen LogP contribution in [0.3, 0.4) is 0 Å². The third kappa shape index (κ3) is 4.90. The molecule has 0 fully saturated rings. The first-order chi connectivity index (χ1) is 14.1. The van der Waals surface area contributed by atoms with Crippen LogP contribution < -0.4 is 0 Å². The molecular formula is C21H22N2O5S2. The first-order valence-corrected chi connectivity index (χ1v) is 12.6. The molecular weight excluding hydrogens is 424 g/mol. The zero-order valence-electron chi connectivity index (χ0n) is 16.7. The fraction of sp³-hybridized carbons (Fsp3) is 0.286. The lowest BCUT2D eigenvalue weighted by Crippen LogP contribution is -2.11. The highest BCUT2D eigenvalue weighted by atomic mass is 32.2. The van der Waals surface area contributed by atoms with Gasteiger partial charge in [0.25, 0.3) is 20.1 Å². The SMILES string of the molecule is Cc1ccc(S(=O)(=O)n2cc(CCCCOS(C)(=O)=O)c3cc(C#N)ccc32)cc1. The van der Waals surface area contributed by atoms with E-state index in [-0.39, 0.29) is 11.5 Å². The van der Waals surface area contributed by atoms with Crippen molar-refractivity contribution in [1.82, 2.24) is 3.97 Å². The van der Waals surface area contributed by atoms with Crippen molar-refractivity contribution in [2.45, 2.75) is 31.1 Å². The normalized spacial score (nSPS) is 12.2. The molecule has 30 heavy (non-hydrogen) atoms. The Balaban J connectivity index is 1.96. The molecule has 9 heteroatoms. The van der Waals surface area contributed by atoms with E-state index in [1.54, 1.807) is 48.7 Å². The summed E-state index contributed by atoms with van der Waals surface area (Å²) >= 11 is 0. The molecule has 0 atom stereocenters. The number of rotatable bonds is 8. The topological polar surface area (TPSA) is 106 Å². The monoisotopic (exact) mass is 446 g/mol. The second kappa shape index (κ2) is 8.60. The molecule has 0 radical (unpaired) electrons. The maximum Gasteiger partial charge on any atom is 0.268 e. The van der Waals surface area contributed by atoms with Crippen molar-refractivity contribution in [3.63, 3.8) is 0 Å². The fourth-order valence-corrected chi connectivity index (χ4v) is 5.00. The van der Waals surface area contributed by atoms with Crippen molar-refractivity contribution in [2.24, 2.45) is 0 Å². The van der Waals surface area contributed by atoms with E-state index in [0.717, 1.165) is 17.4 Å². The second-order valence-corrected chi connectivity index (χ2v) is 10.6. The van der Waals surface area contributed by atoms with Crippen LogP contribution in [-0.4, -0.2) is 33.7 Å². The molecule has 158 valence electrons. The van der Waals surface area contributed by atoms with Crippen molar-refractivity contribution in [3.05, 3.63) is 65.4 Å². The van der Waals surface area contributed by atoms with Crippen LogP contribution in [0.15, 0.2) is 53.6 Å². The van der Waals surface area contributed by atoms with Gasteiger partial charge in [-0.25, -0.2) is 12.4 Å². The van der Waals surface area contributed by atoms with Crippen LogP contribution in [-0.2, 0) is 30.7 Å². The minimum Gasteiger partial charge on any atom is -0.270 e. The molecule has 1 heterocycles. The Hall–Kier alpha value is -2.67. The number of aryl methyl sites for hydroxylation is 2. The summed E-state index contributed by atoms with van der Waals surface area (Å²) in [6.07, 6.45) is 4.21. The van der Waals surface area contributed by atoms with E-state index in [1.807, 2.05) is 6.92 Å². The van der Waals surface area contributed by atoms with E-state index < -0.39 is 20.1 Å². The molecule has 1 aromatic heterocycles. The summed E-state index contributed by atoms with van der Waals surface area (Å²) < 4.78 is 54.6. The minimum absolute atomic E-state index is 0.0720. The lowest BCUT2D eigenvalue weighted by molar-refractivity contribution is 0.312. The first-order valence-electron chi connectivity index (χ1n) is 9.32. The molecule has 0 aliphatic heterocycles. The van der Waals surface area contributed by atoms with Gasteiger partial charge in [0, 0.05) is 11.6 Å². The molecule has 0 saturated heterocycles. The van der Waals surface area contributed by atoms with E-state index in [4.69, 9.17) is 4.18 Å². The van der Waals surface area contributed by atoms with Gasteiger partial charge in [0.15, 0.2) is 0 Å². The highest BCUT2D eigenvalue weighted by molar-refractivity contribution is 7.90. The number of nitriles is 1. The van der Waals surface area contributed by atoms with E-state index >= 15 is 0 Å². The van der Waals surface area contributed by atoms with Crippen molar-refractivity contribution in [1.29, 1.82) is 5.26 Å². The van der Waals surface area contributed by atoms with Crippen LogP contribution in [0.5, 0.6) is 0 Å². The van der Waals surface area contributed by atoms with Crippen molar-refractivity contribution >= 4 is 31.0 Å². The van der Waals surface area contributed by atoms with E-state index in [9.17, 15) is 22.1 Å². The van der Waals surface area contributed by atoms with Gasteiger partial charge in [-0.1, -0.05) is 17.7 Å². The number of hydrogen-bond donors (Lipinski definition) is 0. The minimum atomic E-state index is -3.81. The van der Waals surface area contributed by atoms with Gasteiger partial charge < -0.3 is 0 Å². The van der Waals surface area contributed by atoms with E-state index in [2.05, 4.69) is 6.07 Å². The number of benzene rings is 2. The maximum atomic E-state index is 13.2. The lowest BCUT2D eigenvalue weighted by Gasteiger charge is -2.08. The maximum absolute atomic E-state index is 13.2. The molecule has 0 amide bonds. The number of fused-ring (bicyclic) bond motifs is 1. The van der Waals surface area contributed by atoms with Gasteiger partial charge in [-0.2, -0.15) is 13.7 Å². The third-order valence-corrected chi connectivity index (χ3v) is 6.98. The fourth-order valence-electron chi connectivity index (χ4n) is 3.19. The summed E-state index contributed by atoms with van der Waals surface area (Å²) in [7, 11) is -7.29. The Morgan fingerprint density at radius 1 is 1.03 bits per heavy atom. The van der Waals surface area contributed by atoms with E-state index in [1.165, 1.54) is 3.97 Å². The zero-order chi connectivity index (χ0) is 21.9. The van der Waals surface area contributed by atoms with Crippen LogP contribution in [0.2, 0.25) is 0 Å². The summed E-state index contributed by atoms with van der Waals surface area (Å²) in [5, 5.41) is 9.92. The summed E-state index contributed by atoms with van der Waals surface area (Å²) in [5.74, 6) is 0. The third-order valence-electron chi connectivity index (χ3n) is 4.70. The van der Waals surface area contributed by atoms with Crippen molar-refractivity contribution in [2.75, 3.05) is 12.9 Å². The summed E-state index contributed by atoms with van der Waals surface area (Å²) in [6.45, 7) is 1.96. The smallest absolute Gasteiger partial charge is 0.268 e. The van der Waals surface area contributed by atoms with Gasteiger partial charge in [0.2, 0.25) is 0 Å². The summed E-state index contributed by atoms with van der Waals surface area (Å²) in [5.41, 5.74) is 2.67. The van der Waals surface area contributed by atoms with E-state index in [0.29, 0.717) is 35.7 Å². The van der Waals surface area contributed by atoms with Gasteiger partial charge >= 0.3 is 0 Å². The number of aromatic nitrogens is 1. The number of unbranched alkanes of at least 4 members (excludes halogenated alkanes) is 1. The van der Waals surface area contributed by atoms with Gasteiger partial charge in [0.1, 0.15) is 0 Å². The van der Waals surface area contributed by atoms with Crippen LogP contribution >= 0.6 is 0 Å². The zero-order valence-corrected chi connectivity index (χ0v) is 18.3. The predicted octanol–water partition coefficient (Wildman–Crippen LogP) is 3.36. The predicted molar refractivity (Wildman–Crippen MR) is 114 cm³/mol. The molecule has 0 bridgehead atoms. The molecule has 3 aromatic rings. The van der Waals surface area contributed by atoms with Crippen molar-refractivity contribution < 1.29 is 21.0 Å². The Morgan fingerprint density at radius 3 is 2.37 bits per heavy atom. The highest BCUT2D eigenvalue weighted by Crippen LogP contribution is 2.28. The second-order valence-electron chi connectivity index (χ2n) is 7.10. The molecule has 0 aliphatic rings. The molecule has 0 unspecified atom stereocenters. The average Bonchev–Trinajstić information content (AvgIpc) is 3.06. The molecule has 0 spiro atoms. The highest BCUT2D eigenvalue weighted by Gasteiger charge is 2.21. The Labute approximate surface area is 176 Å². The van der Waals surface area contributed by atoms with Crippen LogP contribution in [0.25, 0.3) is 10.9 Å². The van der Waals surface area contributed by atoms with Crippen LogP contribution in [0.1, 0.15) is 29.5 Å². The summed E-state index contributed by atoms with van der Waals surface area (Å²) in [4.78, 5) is 0.183. The Morgan fingerprint density at radius 2 is 1.73 bits per heavy atom. The average molecular weight is 447 g/mol. The Bertz CT molecular complexity index is 1320. The quantitative estimate of drug-likeness (QED) is 0.388. The molecule has 0 N–H and O–H groups in total. The van der Waals surface area contributed by atoms with Crippen molar-refractivity contribution in [3.8, 4) is 6.07 Å². The van der Waals surface area contributed by atoms with Crippen LogP contribution in [0.4, 0.5) is 0 Å². The molecule has 0 saturated carbocycles. The standard InChI is InChI=1S/C21H22N2O5S2/c1-16-6-9-19(10-7-16)30(26,27)23-15-18(5-3-4-12-28-29(2,24)25)20-13-17(14-22)8-11-21(20)23/h6-11,13,15H,3-5,12H2,1-2H3. The Kier molecular flexibility index (Phi) is 6.31. The first kappa shape index (κ1) is 22.0. The largest absolute Gasteiger partial charge is 0.270 e. The lowest BCUT2D eigenvalue weighted by atomic mass is 10.1. The van der Waals surface area contributed by atoms with Gasteiger partial charge in [-0.05, 0) is 62.1 Å². The van der Waals surface area contributed by atoms with Gasteiger partial charge in [-0.15, -0.1) is 0 Å². The number of hydrogen-bond acceptors (Lipinski definition) is 6. The van der Waals surface area contributed by atoms with Gasteiger partial charge in [-0.3, -0.25) is 4.18 Å². The summed E-state index contributed by atoms with van der Waals surface area (Å²) in [6, 6.07) is 13.6. The molecule has 2 aromatic carbocycles. The molecule has 7 nitrogen and oxygen atoms in total. The van der Waals surface area contributed by atoms with Crippen LogP contribution in [0, 0.1) is 18.3 Å². The number of nitrogens with zero attached hydrogens (tertiary/aromatic N) is 2.